The fourth-order valence-corrected chi connectivity index (χ4v) is 3.63. The number of aromatic nitrogens is 1. The molecule has 1 aromatic heterocycles. The van der Waals surface area contributed by atoms with Crippen LogP contribution in [0.15, 0.2) is 53.7 Å². The maximum Gasteiger partial charge on any atom is 0.191 e. The number of pyridine rings is 1. The molecule has 0 radical (unpaired) electrons. The van der Waals surface area contributed by atoms with E-state index in [9.17, 15) is 0 Å². The standard InChI is InChI=1S/C22H31N5.HI/c1-17-8-7-13-24-21(17)16-25-22(23-3)26-20-11-14-27(15-12-20)18(2)19-9-5-4-6-10-19;/h4-10,13,18,20H,11-12,14-16H2,1-3H3,(H2,23,25,26);1H. The van der Waals surface area contributed by atoms with Crippen molar-refractivity contribution in [2.45, 2.75) is 45.3 Å². The van der Waals surface area contributed by atoms with Crippen LogP contribution in [-0.4, -0.2) is 42.0 Å². The van der Waals surface area contributed by atoms with Crippen LogP contribution in [0.2, 0.25) is 0 Å². The average molecular weight is 493 g/mol. The summed E-state index contributed by atoms with van der Waals surface area (Å²) in [5, 5.41) is 6.98. The van der Waals surface area contributed by atoms with E-state index >= 15 is 0 Å². The third-order valence-corrected chi connectivity index (χ3v) is 5.46. The van der Waals surface area contributed by atoms with Gasteiger partial charge in [-0.05, 0) is 43.9 Å². The van der Waals surface area contributed by atoms with Crippen molar-refractivity contribution < 1.29 is 0 Å². The van der Waals surface area contributed by atoms with Gasteiger partial charge < -0.3 is 10.6 Å². The quantitative estimate of drug-likeness (QED) is 0.377. The normalized spacial score (nSPS) is 16.9. The van der Waals surface area contributed by atoms with Gasteiger partial charge in [0.1, 0.15) is 0 Å². The van der Waals surface area contributed by atoms with Gasteiger partial charge in [-0.15, -0.1) is 24.0 Å². The summed E-state index contributed by atoms with van der Waals surface area (Å²) >= 11 is 0. The molecule has 1 saturated heterocycles. The van der Waals surface area contributed by atoms with Crippen molar-refractivity contribution in [2.75, 3.05) is 20.1 Å². The number of aryl methyl sites for hydroxylation is 1. The number of nitrogens with one attached hydrogen (secondary N) is 2. The first-order chi connectivity index (χ1) is 13.2. The van der Waals surface area contributed by atoms with Crippen LogP contribution in [0.1, 0.15) is 42.6 Å². The molecule has 5 nitrogen and oxygen atoms in total. The molecular formula is C22H32IN5. The fourth-order valence-electron chi connectivity index (χ4n) is 3.63. The summed E-state index contributed by atoms with van der Waals surface area (Å²) in [5.74, 6) is 0.856. The first-order valence-corrected chi connectivity index (χ1v) is 9.84. The maximum atomic E-state index is 4.44. The molecule has 0 saturated carbocycles. The lowest BCUT2D eigenvalue weighted by molar-refractivity contribution is 0.158. The molecule has 1 aliphatic rings. The minimum Gasteiger partial charge on any atom is -0.354 e. The van der Waals surface area contributed by atoms with Gasteiger partial charge in [-0.2, -0.15) is 0 Å². The van der Waals surface area contributed by atoms with E-state index in [1.165, 1.54) is 11.1 Å². The van der Waals surface area contributed by atoms with Crippen molar-refractivity contribution in [3.8, 4) is 0 Å². The summed E-state index contributed by atoms with van der Waals surface area (Å²) in [5.41, 5.74) is 3.66. The number of hydrogen-bond acceptors (Lipinski definition) is 3. The second-order valence-corrected chi connectivity index (χ2v) is 7.23. The van der Waals surface area contributed by atoms with Crippen LogP contribution >= 0.6 is 24.0 Å². The van der Waals surface area contributed by atoms with E-state index in [-0.39, 0.29) is 24.0 Å². The van der Waals surface area contributed by atoms with Gasteiger partial charge in [0.2, 0.25) is 0 Å². The Hall–Kier alpha value is -1.67. The molecule has 0 spiro atoms. The highest BCUT2D eigenvalue weighted by molar-refractivity contribution is 14.0. The van der Waals surface area contributed by atoms with E-state index in [1.54, 1.807) is 0 Å². The van der Waals surface area contributed by atoms with E-state index in [4.69, 9.17) is 0 Å². The van der Waals surface area contributed by atoms with Crippen LogP contribution in [0.5, 0.6) is 0 Å². The summed E-state index contributed by atoms with van der Waals surface area (Å²) in [4.78, 5) is 11.4. The molecular weight excluding hydrogens is 461 g/mol. The number of rotatable bonds is 5. The summed E-state index contributed by atoms with van der Waals surface area (Å²) in [7, 11) is 1.83. The second kappa shape index (κ2) is 11.4. The molecule has 3 rings (SSSR count). The molecule has 1 atom stereocenters. The predicted octanol–water partition coefficient (Wildman–Crippen LogP) is 3.90. The summed E-state index contributed by atoms with van der Waals surface area (Å²) in [6, 6.07) is 15.8. The zero-order chi connectivity index (χ0) is 19.1. The monoisotopic (exact) mass is 493 g/mol. The molecule has 1 aromatic carbocycles. The Kier molecular flexibility index (Phi) is 9.18. The molecule has 28 heavy (non-hydrogen) atoms. The maximum absolute atomic E-state index is 4.44. The molecule has 6 heteroatoms. The van der Waals surface area contributed by atoms with Crippen molar-refractivity contribution in [1.29, 1.82) is 0 Å². The largest absolute Gasteiger partial charge is 0.354 e. The predicted molar refractivity (Wildman–Crippen MR) is 127 cm³/mol. The van der Waals surface area contributed by atoms with Crippen LogP contribution in [0.25, 0.3) is 0 Å². The molecule has 152 valence electrons. The lowest BCUT2D eigenvalue weighted by Gasteiger charge is -2.37. The minimum absolute atomic E-state index is 0. The van der Waals surface area contributed by atoms with Crippen LogP contribution in [-0.2, 0) is 6.54 Å². The minimum atomic E-state index is 0. The van der Waals surface area contributed by atoms with Gasteiger partial charge in [0, 0.05) is 38.4 Å². The van der Waals surface area contributed by atoms with Crippen LogP contribution < -0.4 is 10.6 Å². The highest BCUT2D eigenvalue weighted by Crippen LogP contribution is 2.23. The van der Waals surface area contributed by atoms with Gasteiger partial charge >= 0.3 is 0 Å². The van der Waals surface area contributed by atoms with Crippen LogP contribution in [0.4, 0.5) is 0 Å². The average Bonchev–Trinajstić information content (AvgIpc) is 2.72. The van der Waals surface area contributed by atoms with E-state index in [0.29, 0.717) is 18.6 Å². The van der Waals surface area contributed by atoms with Gasteiger partial charge in [0.05, 0.1) is 12.2 Å². The lowest BCUT2D eigenvalue weighted by atomic mass is 10.0. The molecule has 0 amide bonds. The van der Waals surface area contributed by atoms with E-state index in [0.717, 1.165) is 37.6 Å². The topological polar surface area (TPSA) is 52.6 Å². The smallest absolute Gasteiger partial charge is 0.191 e. The molecule has 0 aliphatic carbocycles. The summed E-state index contributed by atoms with van der Waals surface area (Å²) in [6.07, 6.45) is 4.09. The SMILES string of the molecule is CN=C(NCc1ncccc1C)NC1CCN(C(C)c2ccccc2)CC1.I. The number of benzene rings is 1. The first-order valence-electron chi connectivity index (χ1n) is 9.84. The van der Waals surface area contributed by atoms with E-state index in [1.807, 2.05) is 19.3 Å². The molecule has 2 heterocycles. The number of guanidine groups is 1. The summed E-state index contributed by atoms with van der Waals surface area (Å²) in [6.45, 7) is 7.28. The first kappa shape index (κ1) is 22.6. The highest BCUT2D eigenvalue weighted by Gasteiger charge is 2.24. The van der Waals surface area contributed by atoms with Crippen molar-refractivity contribution in [3.63, 3.8) is 0 Å². The van der Waals surface area contributed by atoms with E-state index in [2.05, 4.69) is 75.8 Å². The fraction of sp³-hybridized carbons (Fsp3) is 0.455. The van der Waals surface area contributed by atoms with Crippen molar-refractivity contribution >= 4 is 29.9 Å². The Morgan fingerprint density at radius 2 is 1.89 bits per heavy atom. The van der Waals surface area contributed by atoms with Gasteiger partial charge in [0.15, 0.2) is 5.96 Å². The summed E-state index contributed by atoms with van der Waals surface area (Å²) < 4.78 is 0. The Labute approximate surface area is 186 Å². The third kappa shape index (κ3) is 6.17. The van der Waals surface area contributed by atoms with E-state index < -0.39 is 0 Å². The second-order valence-electron chi connectivity index (χ2n) is 7.23. The lowest BCUT2D eigenvalue weighted by Crippen LogP contribution is -2.48. The van der Waals surface area contributed by atoms with Gasteiger partial charge in [-0.25, -0.2) is 0 Å². The number of nitrogens with zero attached hydrogens (tertiary/aromatic N) is 3. The number of piperidine rings is 1. The van der Waals surface area contributed by atoms with Gasteiger partial charge in [0.25, 0.3) is 0 Å². The molecule has 1 fully saturated rings. The number of aliphatic imine (C=N–C) groups is 1. The van der Waals surface area contributed by atoms with Crippen LogP contribution in [0, 0.1) is 6.92 Å². The zero-order valence-electron chi connectivity index (χ0n) is 17.1. The highest BCUT2D eigenvalue weighted by atomic mass is 127. The molecule has 1 aliphatic heterocycles. The molecule has 2 N–H and O–H groups in total. The Balaban J connectivity index is 0.00000280. The van der Waals surface area contributed by atoms with Crippen molar-refractivity contribution in [3.05, 3.63) is 65.5 Å². The zero-order valence-corrected chi connectivity index (χ0v) is 19.4. The number of halogens is 1. The van der Waals surface area contributed by atoms with Gasteiger partial charge in [-0.3, -0.25) is 14.9 Å². The Morgan fingerprint density at radius 1 is 1.18 bits per heavy atom. The number of hydrogen-bond donors (Lipinski definition) is 2. The van der Waals surface area contributed by atoms with Crippen LogP contribution in [0.3, 0.4) is 0 Å². The Bertz CT molecular complexity index is 742. The van der Waals surface area contributed by atoms with Crippen molar-refractivity contribution in [2.24, 2.45) is 4.99 Å². The third-order valence-electron chi connectivity index (χ3n) is 5.46. The Morgan fingerprint density at radius 3 is 2.54 bits per heavy atom. The number of likely N-dealkylation sites (tertiary alicyclic amines) is 1. The van der Waals surface area contributed by atoms with Gasteiger partial charge in [-0.1, -0.05) is 36.4 Å². The molecule has 0 bridgehead atoms. The molecule has 2 aromatic rings. The van der Waals surface area contributed by atoms with Crippen molar-refractivity contribution in [1.82, 2.24) is 20.5 Å². The molecule has 1 unspecified atom stereocenters.